The molecule has 0 amide bonds. The van der Waals surface area contributed by atoms with E-state index in [0.717, 1.165) is 16.8 Å². The first-order chi connectivity index (χ1) is 10.9. The molecular formula is C17H15Cl2N3O. The molecule has 2 heterocycles. The van der Waals surface area contributed by atoms with Crippen molar-refractivity contribution >= 4 is 34.2 Å². The molecule has 1 aromatic carbocycles. The molecule has 0 radical (unpaired) electrons. The molecule has 2 aromatic heterocycles. The van der Waals surface area contributed by atoms with Crippen LogP contribution in [0.2, 0.25) is 10.3 Å². The second-order valence-corrected chi connectivity index (χ2v) is 6.42. The Hall–Kier alpha value is -1.91. The highest BCUT2D eigenvalue weighted by Crippen LogP contribution is 2.28. The number of nitrogens with zero attached hydrogens (tertiary/aromatic N) is 3. The second kappa shape index (κ2) is 5.95. The first-order valence-electron chi connectivity index (χ1n) is 7.25. The maximum absolute atomic E-state index is 12.5. The number of hydrogen-bond donors (Lipinski definition) is 0. The van der Waals surface area contributed by atoms with E-state index >= 15 is 0 Å². The van der Waals surface area contributed by atoms with Crippen molar-refractivity contribution in [3.63, 3.8) is 0 Å². The molecule has 6 heteroatoms. The highest BCUT2D eigenvalue weighted by molar-refractivity contribution is 6.34. The van der Waals surface area contributed by atoms with Crippen LogP contribution in [0.25, 0.3) is 16.7 Å². The molecule has 0 unspecified atom stereocenters. The Bertz CT molecular complexity index is 964. The summed E-state index contributed by atoms with van der Waals surface area (Å²) in [4.78, 5) is 20.8. The normalized spacial score (nSPS) is 11.4. The van der Waals surface area contributed by atoms with Gasteiger partial charge in [-0.1, -0.05) is 55.2 Å². The van der Waals surface area contributed by atoms with Crippen LogP contribution in [0.15, 0.2) is 35.1 Å². The van der Waals surface area contributed by atoms with Crippen LogP contribution in [-0.2, 0) is 0 Å². The third-order valence-corrected chi connectivity index (χ3v) is 4.42. The Morgan fingerprint density at radius 2 is 1.78 bits per heavy atom. The molecule has 0 bridgehead atoms. The van der Waals surface area contributed by atoms with Crippen molar-refractivity contribution in [1.29, 1.82) is 0 Å². The SMILES string of the molecule is Cc1cc2c(Cl)nc(=O)n(-c3ccccc3C(C)C)c2nc1Cl. The summed E-state index contributed by atoms with van der Waals surface area (Å²) in [5.74, 6) is 0.241. The first-order valence-corrected chi connectivity index (χ1v) is 8.00. The van der Waals surface area contributed by atoms with E-state index < -0.39 is 5.69 Å². The number of benzene rings is 1. The Morgan fingerprint density at radius 3 is 2.48 bits per heavy atom. The van der Waals surface area contributed by atoms with Gasteiger partial charge in [0.2, 0.25) is 0 Å². The van der Waals surface area contributed by atoms with Gasteiger partial charge in [-0.05, 0) is 36.1 Å². The lowest BCUT2D eigenvalue weighted by Gasteiger charge is -2.16. The lowest BCUT2D eigenvalue weighted by molar-refractivity contribution is 0.834. The van der Waals surface area contributed by atoms with Gasteiger partial charge in [-0.2, -0.15) is 4.98 Å². The van der Waals surface area contributed by atoms with E-state index in [1.807, 2.05) is 31.2 Å². The summed E-state index contributed by atoms with van der Waals surface area (Å²) in [5.41, 5.74) is 2.50. The Balaban J connectivity index is 2.48. The molecule has 0 fully saturated rings. The summed E-state index contributed by atoms with van der Waals surface area (Å²) in [6.45, 7) is 5.97. The lowest BCUT2D eigenvalue weighted by atomic mass is 10.0. The minimum absolute atomic E-state index is 0.135. The number of halogens is 2. The molecule has 0 aliphatic heterocycles. The quantitative estimate of drug-likeness (QED) is 0.505. The molecule has 4 nitrogen and oxygen atoms in total. The fraction of sp³-hybridized carbons (Fsp3) is 0.235. The van der Waals surface area contributed by atoms with E-state index in [1.54, 1.807) is 6.07 Å². The Labute approximate surface area is 143 Å². The van der Waals surface area contributed by atoms with Crippen LogP contribution >= 0.6 is 23.2 Å². The largest absolute Gasteiger partial charge is 0.355 e. The van der Waals surface area contributed by atoms with E-state index in [9.17, 15) is 4.79 Å². The lowest BCUT2D eigenvalue weighted by Crippen LogP contribution is -2.24. The Kier molecular flexibility index (Phi) is 4.13. The number of pyridine rings is 1. The van der Waals surface area contributed by atoms with Gasteiger partial charge in [-0.3, -0.25) is 0 Å². The van der Waals surface area contributed by atoms with Crippen molar-refractivity contribution in [1.82, 2.24) is 14.5 Å². The average Bonchev–Trinajstić information content (AvgIpc) is 2.50. The topological polar surface area (TPSA) is 47.8 Å². The fourth-order valence-corrected chi connectivity index (χ4v) is 2.93. The molecule has 0 saturated heterocycles. The molecule has 0 aliphatic carbocycles. The van der Waals surface area contributed by atoms with Gasteiger partial charge >= 0.3 is 5.69 Å². The number of fused-ring (bicyclic) bond motifs is 1. The van der Waals surface area contributed by atoms with E-state index in [0.29, 0.717) is 16.2 Å². The van der Waals surface area contributed by atoms with Gasteiger partial charge in [-0.25, -0.2) is 14.3 Å². The zero-order valence-corrected chi connectivity index (χ0v) is 14.5. The van der Waals surface area contributed by atoms with Crippen molar-refractivity contribution in [3.8, 4) is 5.69 Å². The predicted octanol–water partition coefficient (Wildman–Crippen LogP) is 4.52. The van der Waals surface area contributed by atoms with E-state index in [4.69, 9.17) is 23.2 Å². The van der Waals surface area contributed by atoms with Crippen LogP contribution in [-0.4, -0.2) is 14.5 Å². The second-order valence-electron chi connectivity index (χ2n) is 5.70. The minimum Gasteiger partial charge on any atom is -0.245 e. The van der Waals surface area contributed by atoms with E-state index in [1.165, 1.54) is 4.57 Å². The third kappa shape index (κ3) is 2.73. The predicted molar refractivity (Wildman–Crippen MR) is 94.0 cm³/mol. The van der Waals surface area contributed by atoms with E-state index in [2.05, 4.69) is 23.8 Å². The summed E-state index contributed by atoms with van der Waals surface area (Å²) in [7, 11) is 0. The van der Waals surface area contributed by atoms with Gasteiger partial charge in [0.1, 0.15) is 10.3 Å². The van der Waals surface area contributed by atoms with Crippen molar-refractivity contribution in [2.75, 3.05) is 0 Å². The molecule has 0 spiro atoms. The highest BCUT2D eigenvalue weighted by Gasteiger charge is 2.17. The summed E-state index contributed by atoms with van der Waals surface area (Å²) in [6.07, 6.45) is 0. The smallest absolute Gasteiger partial charge is 0.245 e. The highest BCUT2D eigenvalue weighted by atomic mass is 35.5. The molecule has 0 N–H and O–H groups in total. The average molecular weight is 348 g/mol. The number of hydrogen-bond acceptors (Lipinski definition) is 3. The first kappa shape index (κ1) is 16.0. The monoisotopic (exact) mass is 347 g/mol. The molecule has 0 saturated carbocycles. The number of para-hydroxylation sites is 1. The number of aromatic nitrogens is 3. The molecule has 0 atom stereocenters. The van der Waals surface area contributed by atoms with Crippen molar-refractivity contribution in [2.24, 2.45) is 0 Å². The van der Waals surface area contributed by atoms with Gasteiger partial charge in [0.15, 0.2) is 5.65 Å². The molecule has 0 aliphatic rings. The van der Waals surface area contributed by atoms with Crippen molar-refractivity contribution in [3.05, 3.63) is 62.2 Å². The van der Waals surface area contributed by atoms with Crippen molar-refractivity contribution < 1.29 is 0 Å². The zero-order valence-electron chi connectivity index (χ0n) is 13.0. The van der Waals surface area contributed by atoms with Gasteiger partial charge < -0.3 is 0 Å². The summed E-state index contributed by atoms with van der Waals surface area (Å²) in [5, 5.41) is 1.08. The molecule has 118 valence electrons. The van der Waals surface area contributed by atoms with Crippen LogP contribution in [0.1, 0.15) is 30.9 Å². The van der Waals surface area contributed by atoms with Gasteiger partial charge in [0.25, 0.3) is 0 Å². The number of aryl methyl sites for hydroxylation is 1. The maximum atomic E-state index is 12.5. The van der Waals surface area contributed by atoms with Crippen LogP contribution in [0.3, 0.4) is 0 Å². The fourth-order valence-electron chi connectivity index (χ4n) is 2.59. The maximum Gasteiger partial charge on any atom is 0.355 e. The summed E-state index contributed by atoms with van der Waals surface area (Å²) >= 11 is 12.3. The molecule has 3 rings (SSSR count). The van der Waals surface area contributed by atoms with Crippen LogP contribution in [0.5, 0.6) is 0 Å². The minimum atomic E-state index is -0.469. The van der Waals surface area contributed by atoms with E-state index in [-0.39, 0.29) is 11.1 Å². The van der Waals surface area contributed by atoms with Crippen molar-refractivity contribution in [2.45, 2.75) is 26.7 Å². The van der Waals surface area contributed by atoms with Crippen LogP contribution in [0.4, 0.5) is 0 Å². The van der Waals surface area contributed by atoms with Gasteiger partial charge in [-0.15, -0.1) is 0 Å². The summed E-state index contributed by atoms with van der Waals surface area (Å²) < 4.78 is 1.47. The van der Waals surface area contributed by atoms with Gasteiger partial charge in [0, 0.05) is 0 Å². The number of rotatable bonds is 2. The Morgan fingerprint density at radius 1 is 1.09 bits per heavy atom. The van der Waals surface area contributed by atoms with Crippen LogP contribution in [0, 0.1) is 6.92 Å². The molecule has 23 heavy (non-hydrogen) atoms. The molecule has 3 aromatic rings. The standard InChI is InChI=1S/C17H15Cl2N3O/c1-9(2)11-6-4-5-7-13(11)22-16-12(15(19)21-17(22)23)8-10(3)14(18)20-16/h4-9H,1-3H3. The third-order valence-electron chi connectivity index (χ3n) is 3.75. The van der Waals surface area contributed by atoms with Crippen LogP contribution < -0.4 is 5.69 Å². The summed E-state index contributed by atoms with van der Waals surface area (Å²) in [6, 6.07) is 9.49. The molecular weight excluding hydrogens is 333 g/mol. The zero-order chi connectivity index (χ0) is 16.7. The van der Waals surface area contributed by atoms with Gasteiger partial charge in [0.05, 0.1) is 11.1 Å².